The number of hydrogen-bond donors (Lipinski definition) is 1. The summed E-state index contributed by atoms with van der Waals surface area (Å²) in [6.07, 6.45) is 5.00. The van der Waals surface area contributed by atoms with Crippen molar-refractivity contribution in [1.82, 2.24) is 67.4 Å². The van der Waals surface area contributed by atoms with Gasteiger partial charge in [-0.1, -0.05) is 17.7 Å². The Labute approximate surface area is 717 Å². The number of nitrogens with zero attached hydrogens (tertiary/aromatic N) is 14. The van der Waals surface area contributed by atoms with E-state index >= 15 is 0 Å². The van der Waals surface area contributed by atoms with Gasteiger partial charge in [0.1, 0.15) is 69.1 Å². The van der Waals surface area contributed by atoms with Crippen LogP contribution >= 0.6 is 11.6 Å². The first-order valence-electron chi connectivity index (χ1n) is 37.1. The molecule has 0 unspecified atom stereocenters. The predicted octanol–water partition coefficient (Wildman–Crippen LogP) is 19.3. The monoisotopic (exact) mass is 1790 g/mol. The van der Waals surface area contributed by atoms with Crippen molar-refractivity contribution in [3.05, 3.63) is 351 Å². The van der Waals surface area contributed by atoms with Gasteiger partial charge in [-0.05, 0) is 158 Å². The Morgan fingerprint density at radius 3 is 0.961 bits per heavy atom. The fraction of sp³-hybridized carbons (Fsp3) is 0.103. The van der Waals surface area contributed by atoms with Gasteiger partial charge in [0, 0.05) is 198 Å². The van der Waals surface area contributed by atoms with E-state index in [0.717, 1.165) is 54.1 Å². The summed E-state index contributed by atoms with van der Waals surface area (Å²) < 4.78 is 220. The molecule has 16 rings (SSSR count). The molecule has 0 saturated heterocycles. The maximum atomic E-state index is 13.6. The SMILES string of the molecule is Cn1cc(-c2cn(-c3ccc(OC(F)(F)F)cc3)c(=O)cc2NCc2cnccn2)cn1.Cn1cc(-c2cn(-c3ccc(OC(F)(F)F)cc3)c(=O)cc2Oc2ccc(Cl)cc2)cn1.Cn1cc(-c2cn(-c3ccc(OC(F)(F)F)cc3)c(=O)cc2Oc2ccc(F)cc2)cn1.Cn1cc(-c2cn(-c3ccc(OC(F)(F)F)cc3)c(=O)cc2Oc2cccc(F)c2)cn1. The molecule has 0 amide bonds. The quantitative estimate of drug-likeness (QED) is 0.0655. The van der Waals surface area contributed by atoms with Crippen molar-refractivity contribution in [3.8, 4) is 125 Å². The average Bonchev–Trinajstić information content (AvgIpc) is 1.45. The van der Waals surface area contributed by atoms with Gasteiger partial charge in [0.25, 0.3) is 22.2 Å². The van der Waals surface area contributed by atoms with Gasteiger partial charge in [0.2, 0.25) is 0 Å². The summed E-state index contributed by atoms with van der Waals surface area (Å²) in [4.78, 5) is 59.4. The van der Waals surface area contributed by atoms with Gasteiger partial charge in [0.15, 0.2) is 0 Å². The summed E-state index contributed by atoms with van der Waals surface area (Å²) in [5, 5.41) is 20.3. The van der Waals surface area contributed by atoms with Gasteiger partial charge < -0.3 is 38.5 Å². The molecule has 0 spiro atoms. The summed E-state index contributed by atoms with van der Waals surface area (Å²) >= 11 is 5.91. The molecule has 26 nitrogen and oxygen atoms in total. The molecular formula is C87H62ClF14N15O11. The van der Waals surface area contributed by atoms with Crippen LogP contribution in [0.2, 0.25) is 5.02 Å². The minimum absolute atomic E-state index is 0.168. The van der Waals surface area contributed by atoms with E-state index in [1.165, 1.54) is 146 Å². The van der Waals surface area contributed by atoms with Gasteiger partial charge in [0.05, 0.1) is 43.2 Å². The van der Waals surface area contributed by atoms with Crippen LogP contribution < -0.4 is 60.7 Å². The van der Waals surface area contributed by atoms with Gasteiger partial charge in [-0.2, -0.15) is 20.4 Å². The Kier molecular flexibility index (Phi) is 26.9. The van der Waals surface area contributed by atoms with E-state index in [2.05, 4.69) is 54.6 Å². The summed E-state index contributed by atoms with van der Waals surface area (Å²) in [6, 6.07) is 42.4. The molecule has 7 aromatic carbocycles. The lowest BCUT2D eigenvalue weighted by Crippen LogP contribution is -2.19. The zero-order chi connectivity index (χ0) is 91.4. The molecule has 16 aromatic rings. The minimum Gasteiger partial charge on any atom is -0.456 e. The van der Waals surface area contributed by atoms with Crippen molar-refractivity contribution >= 4 is 17.3 Å². The van der Waals surface area contributed by atoms with E-state index in [1.807, 2.05) is 0 Å². The highest BCUT2D eigenvalue weighted by Gasteiger charge is 2.34. The van der Waals surface area contributed by atoms with Crippen LogP contribution in [0.1, 0.15) is 5.69 Å². The van der Waals surface area contributed by atoms with Crippen LogP contribution in [0.4, 0.5) is 67.2 Å². The molecule has 0 aliphatic rings. The highest BCUT2D eigenvalue weighted by atomic mass is 35.5. The fourth-order valence-electron chi connectivity index (χ4n) is 12.2. The van der Waals surface area contributed by atoms with Gasteiger partial charge in [-0.3, -0.25) is 66.1 Å². The molecule has 9 aromatic heterocycles. The molecule has 0 fully saturated rings. The van der Waals surface area contributed by atoms with Crippen molar-refractivity contribution in [3.63, 3.8) is 0 Å². The van der Waals surface area contributed by atoms with Crippen LogP contribution in [0.3, 0.4) is 0 Å². The number of pyridine rings is 4. The second-order valence-electron chi connectivity index (χ2n) is 27.1. The van der Waals surface area contributed by atoms with Crippen LogP contribution in [0.25, 0.3) is 67.3 Å². The van der Waals surface area contributed by atoms with Crippen LogP contribution in [0, 0.1) is 11.6 Å². The summed E-state index contributed by atoms with van der Waals surface area (Å²) in [6.45, 7) is 0.341. The van der Waals surface area contributed by atoms with E-state index in [0.29, 0.717) is 102 Å². The van der Waals surface area contributed by atoms with E-state index in [9.17, 15) is 80.6 Å². The van der Waals surface area contributed by atoms with Crippen LogP contribution in [-0.4, -0.2) is 92.8 Å². The van der Waals surface area contributed by atoms with Crippen LogP contribution in [-0.2, 0) is 34.7 Å². The molecule has 1 N–H and O–H groups in total. The first-order valence-corrected chi connectivity index (χ1v) is 37.5. The van der Waals surface area contributed by atoms with Gasteiger partial charge >= 0.3 is 25.4 Å². The molecule has 9 heterocycles. The third-order valence-corrected chi connectivity index (χ3v) is 18.0. The normalized spacial score (nSPS) is 11.4. The number of nitrogens with one attached hydrogen (secondary N) is 1. The van der Waals surface area contributed by atoms with Crippen molar-refractivity contribution < 1.29 is 94.6 Å². The number of benzene rings is 7. The Morgan fingerprint density at radius 2 is 0.648 bits per heavy atom. The first-order chi connectivity index (χ1) is 60.8. The lowest BCUT2D eigenvalue weighted by atomic mass is 10.1. The first kappa shape index (κ1) is 89.7. The smallest absolute Gasteiger partial charge is 0.456 e. The molecule has 0 saturated carbocycles. The molecule has 0 aliphatic heterocycles. The zero-order valence-electron chi connectivity index (χ0n) is 66.3. The zero-order valence-corrected chi connectivity index (χ0v) is 67.0. The van der Waals surface area contributed by atoms with Gasteiger partial charge in [-0.15, -0.1) is 52.7 Å². The number of ether oxygens (including phenoxy) is 7. The summed E-state index contributed by atoms with van der Waals surface area (Å²) in [5.74, 6) is -0.838. The molecular weight excluding hydrogens is 1730 g/mol. The number of halogens is 15. The van der Waals surface area contributed by atoms with Crippen LogP contribution in [0.5, 0.6) is 57.5 Å². The third kappa shape index (κ3) is 24.5. The van der Waals surface area contributed by atoms with Crippen molar-refractivity contribution in [2.75, 3.05) is 5.32 Å². The maximum absolute atomic E-state index is 13.6. The largest absolute Gasteiger partial charge is 0.573 e. The Balaban J connectivity index is 0.000000146. The number of hydrogen-bond acceptors (Lipinski definition) is 18. The van der Waals surface area contributed by atoms with Gasteiger partial charge in [-0.25, -0.2) is 8.78 Å². The summed E-state index contributed by atoms with van der Waals surface area (Å²) in [7, 11) is 6.95. The predicted molar refractivity (Wildman–Crippen MR) is 438 cm³/mol. The number of aryl methyl sites for hydroxylation is 4. The lowest BCUT2D eigenvalue weighted by Gasteiger charge is -2.15. The van der Waals surface area contributed by atoms with E-state index in [1.54, 1.807) is 158 Å². The number of aromatic nitrogens is 14. The topological polar surface area (TPSA) is 262 Å². The van der Waals surface area contributed by atoms with E-state index < -0.39 is 65.3 Å². The second kappa shape index (κ2) is 38.4. The highest BCUT2D eigenvalue weighted by Crippen LogP contribution is 2.39. The molecule has 0 aliphatic carbocycles. The molecule has 0 atom stereocenters. The standard InChI is InChI=1S/C22H15ClF3N3O3.2C22H15F4N3O3.C21H17F3N6O2/c2*1-28-12-14(11-27-28)19-13-29(16-4-8-18(9-5-16)32-22(24,25)26)21(30)10-20(19)31-17-6-2-15(23)3-7-17;1-28-12-14(11-27-28)19-13-29(16-5-7-17(8-6-16)32-22(24,25)26)21(30)10-20(19)31-18-4-2-3-15(23)9-18;1-29-12-14(9-28-29)18-13-30(16-2-4-17(5-3-16)32-21(22,23)24)20(31)8-19(18)27-11-15-10-25-6-7-26-15/h3*2-13H,1H3;2-10,12-13,27H,11H2,1H3. The Morgan fingerprint density at radius 1 is 0.336 bits per heavy atom. The van der Waals surface area contributed by atoms with E-state index in [4.69, 9.17) is 25.8 Å². The van der Waals surface area contributed by atoms with E-state index in [-0.39, 0.29) is 34.3 Å². The summed E-state index contributed by atoms with van der Waals surface area (Å²) in [5.41, 5.74) is 5.70. The van der Waals surface area contributed by atoms with Crippen molar-refractivity contribution in [2.45, 2.75) is 32.0 Å². The lowest BCUT2D eigenvalue weighted by molar-refractivity contribution is -0.275. The Bertz CT molecular complexity index is 6600. The third-order valence-electron chi connectivity index (χ3n) is 17.7. The Hall–Kier alpha value is -16.0. The van der Waals surface area contributed by atoms with Crippen molar-refractivity contribution in [2.24, 2.45) is 28.2 Å². The van der Waals surface area contributed by atoms with Crippen LogP contribution in [0.15, 0.2) is 306 Å². The molecule has 128 heavy (non-hydrogen) atoms. The average molecular weight is 1790 g/mol. The number of rotatable bonds is 21. The molecule has 0 bridgehead atoms. The maximum Gasteiger partial charge on any atom is 0.573 e. The molecule has 656 valence electrons. The van der Waals surface area contributed by atoms with Crippen molar-refractivity contribution in [1.29, 1.82) is 0 Å². The minimum atomic E-state index is -4.82. The highest BCUT2D eigenvalue weighted by molar-refractivity contribution is 6.30. The molecule has 0 radical (unpaired) electrons. The number of anilines is 1. The molecule has 41 heteroatoms. The number of alkyl halides is 12. The fourth-order valence-corrected chi connectivity index (χ4v) is 12.3. The second-order valence-corrected chi connectivity index (χ2v) is 27.5.